The number of carbonyl (C=O) groups excluding carboxylic acids is 1. The van der Waals surface area contributed by atoms with Gasteiger partial charge in [-0.05, 0) is 68.1 Å². The molecule has 1 saturated heterocycles. The van der Waals surface area contributed by atoms with E-state index in [0.29, 0.717) is 36.1 Å². The van der Waals surface area contributed by atoms with E-state index >= 15 is 0 Å². The van der Waals surface area contributed by atoms with E-state index in [1.807, 2.05) is 62.4 Å². The molecule has 0 N–H and O–H groups in total. The maximum Gasteiger partial charge on any atom is 0.260 e. The lowest BCUT2D eigenvalue weighted by Crippen LogP contribution is -2.43. The van der Waals surface area contributed by atoms with Crippen LogP contribution in [0.15, 0.2) is 77.7 Å². The Balaban J connectivity index is 1.48. The summed E-state index contributed by atoms with van der Waals surface area (Å²) in [5.41, 5.74) is 2.09. The molecule has 4 aromatic rings. The Morgan fingerprint density at radius 1 is 1.03 bits per heavy atom. The fourth-order valence-electron chi connectivity index (χ4n) is 5.05. The lowest BCUT2D eigenvalue weighted by Gasteiger charge is -2.34. The highest BCUT2D eigenvalue weighted by Gasteiger charge is 2.32. The summed E-state index contributed by atoms with van der Waals surface area (Å²) in [6, 6.07) is 21.9. The molecule has 0 saturated carbocycles. The van der Waals surface area contributed by atoms with Crippen LogP contribution in [-0.2, 0) is 16.6 Å². The second kappa shape index (κ2) is 11.9. The molecule has 1 atom stereocenters. The van der Waals surface area contributed by atoms with Crippen LogP contribution in [0.25, 0.3) is 10.2 Å². The van der Waals surface area contributed by atoms with Gasteiger partial charge in [-0.2, -0.15) is 4.31 Å². The first-order valence-electron chi connectivity index (χ1n) is 13.4. The van der Waals surface area contributed by atoms with E-state index in [0.717, 1.165) is 41.5 Å². The molecule has 1 unspecified atom stereocenters. The summed E-state index contributed by atoms with van der Waals surface area (Å²) in [5.74, 6) is 0.437. The molecule has 0 bridgehead atoms. The van der Waals surface area contributed by atoms with E-state index in [2.05, 4.69) is 0 Å². The number of para-hydroxylation sites is 1. The molecule has 39 heavy (non-hydrogen) atoms. The number of hydrogen-bond acceptors (Lipinski definition) is 6. The number of amides is 1. The van der Waals surface area contributed by atoms with Crippen molar-refractivity contribution < 1.29 is 17.9 Å². The first-order valence-corrected chi connectivity index (χ1v) is 15.7. The van der Waals surface area contributed by atoms with Gasteiger partial charge in [-0.3, -0.25) is 9.69 Å². The van der Waals surface area contributed by atoms with E-state index in [4.69, 9.17) is 9.72 Å². The van der Waals surface area contributed by atoms with Gasteiger partial charge in [0.2, 0.25) is 10.0 Å². The lowest BCUT2D eigenvalue weighted by molar-refractivity contribution is 0.0985. The predicted molar refractivity (Wildman–Crippen MR) is 156 cm³/mol. The van der Waals surface area contributed by atoms with Gasteiger partial charge >= 0.3 is 0 Å². The van der Waals surface area contributed by atoms with Gasteiger partial charge in [-0.1, -0.05) is 61.1 Å². The molecule has 9 heteroatoms. The molecule has 0 spiro atoms. The molecule has 0 radical (unpaired) electrons. The zero-order valence-corrected chi connectivity index (χ0v) is 23.9. The number of hydrogen-bond donors (Lipinski definition) is 0. The number of carbonyl (C=O) groups is 1. The number of anilines is 1. The number of nitrogens with zero attached hydrogens (tertiary/aromatic N) is 3. The molecule has 1 aromatic heterocycles. The van der Waals surface area contributed by atoms with Crippen LogP contribution in [0.4, 0.5) is 5.13 Å². The summed E-state index contributed by atoms with van der Waals surface area (Å²) in [6.45, 7) is 5.34. The molecule has 0 aliphatic carbocycles. The van der Waals surface area contributed by atoms with Crippen LogP contribution in [-0.4, -0.2) is 42.8 Å². The molecule has 204 valence electrons. The van der Waals surface area contributed by atoms with E-state index in [1.165, 1.54) is 11.3 Å². The Kier molecular flexibility index (Phi) is 8.30. The van der Waals surface area contributed by atoms with Gasteiger partial charge in [0, 0.05) is 18.2 Å². The monoisotopic (exact) mass is 563 g/mol. The van der Waals surface area contributed by atoms with Crippen molar-refractivity contribution in [3.8, 4) is 5.75 Å². The minimum atomic E-state index is -3.63. The first kappa shape index (κ1) is 27.3. The first-order chi connectivity index (χ1) is 18.9. The maximum absolute atomic E-state index is 13.9. The van der Waals surface area contributed by atoms with Crippen molar-refractivity contribution in [3.05, 3.63) is 83.9 Å². The molecule has 3 aromatic carbocycles. The second-order valence-electron chi connectivity index (χ2n) is 9.61. The third-order valence-corrected chi connectivity index (χ3v) is 10.1. The Labute approximate surface area is 234 Å². The number of ether oxygens (including phenoxy) is 1. The molecule has 1 fully saturated rings. The van der Waals surface area contributed by atoms with E-state index in [1.54, 1.807) is 33.5 Å². The summed E-state index contributed by atoms with van der Waals surface area (Å²) >= 11 is 1.43. The largest absolute Gasteiger partial charge is 0.492 e. The van der Waals surface area contributed by atoms with Gasteiger partial charge in [-0.25, -0.2) is 13.4 Å². The molecule has 7 nitrogen and oxygen atoms in total. The number of fused-ring (bicyclic) bond motifs is 1. The Morgan fingerprint density at radius 3 is 2.51 bits per heavy atom. The second-order valence-corrected chi connectivity index (χ2v) is 12.5. The zero-order chi connectivity index (χ0) is 27.4. The van der Waals surface area contributed by atoms with Crippen molar-refractivity contribution in [2.45, 2.75) is 57.0 Å². The van der Waals surface area contributed by atoms with Gasteiger partial charge in [0.25, 0.3) is 5.91 Å². The topological polar surface area (TPSA) is 79.8 Å². The van der Waals surface area contributed by atoms with Crippen LogP contribution in [0.3, 0.4) is 0 Å². The summed E-state index contributed by atoms with van der Waals surface area (Å²) in [5, 5.41) is 0.557. The van der Waals surface area contributed by atoms with Crippen molar-refractivity contribution in [2.75, 3.05) is 18.1 Å². The fourth-order valence-corrected chi connectivity index (χ4v) is 7.80. The highest BCUT2D eigenvalue weighted by molar-refractivity contribution is 7.89. The number of sulfonamides is 1. The minimum absolute atomic E-state index is 0.0204. The summed E-state index contributed by atoms with van der Waals surface area (Å²) in [7, 11) is -3.63. The highest BCUT2D eigenvalue weighted by atomic mass is 32.2. The zero-order valence-electron chi connectivity index (χ0n) is 22.2. The normalized spacial score (nSPS) is 16.3. The van der Waals surface area contributed by atoms with Gasteiger partial charge in [0.1, 0.15) is 11.3 Å². The van der Waals surface area contributed by atoms with Crippen molar-refractivity contribution >= 4 is 42.6 Å². The lowest BCUT2D eigenvalue weighted by atomic mass is 10.0. The van der Waals surface area contributed by atoms with Gasteiger partial charge in [-0.15, -0.1) is 0 Å². The van der Waals surface area contributed by atoms with Crippen molar-refractivity contribution in [2.24, 2.45) is 0 Å². The summed E-state index contributed by atoms with van der Waals surface area (Å²) in [6.07, 6.45) is 3.59. The Bertz CT molecular complexity index is 1540. The number of aromatic nitrogens is 1. The van der Waals surface area contributed by atoms with Crippen molar-refractivity contribution in [3.63, 3.8) is 0 Å². The molecule has 1 aliphatic heterocycles. The van der Waals surface area contributed by atoms with E-state index in [9.17, 15) is 13.2 Å². The molecule has 1 amide bonds. The Hall–Kier alpha value is -3.27. The minimum Gasteiger partial charge on any atom is -0.492 e. The summed E-state index contributed by atoms with van der Waals surface area (Å²) in [4.78, 5) is 20.6. The molecular formula is C30H33N3O4S2. The van der Waals surface area contributed by atoms with Crippen molar-refractivity contribution in [1.29, 1.82) is 0 Å². The third-order valence-electron chi connectivity index (χ3n) is 7.08. The van der Waals surface area contributed by atoms with Gasteiger partial charge in [0.05, 0.1) is 22.7 Å². The SMILES string of the molecule is CCOc1cccc2sc(N(Cc3ccccc3)C(=O)c3ccc(S(=O)(=O)N4CCCCC4CC)cc3)nc12. The number of piperidine rings is 1. The van der Waals surface area contributed by atoms with Crippen LogP contribution in [0.2, 0.25) is 0 Å². The van der Waals surface area contributed by atoms with E-state index < -0.39 is 10.0 Å². The van der Waals surface area contributed by atoms with Crippen LogP contribution >= 0.6 is 11.3 Å². The highest BCUT2D eigenvalue weighted by Crippen LogP contribution is 2.36. The number of thiazole rings is 1. The van der Waals surface area contributed by atoms with Crippen LogP contribution in [0.1, 0.15) is 55.5 Å². The molecule has 2 heterocycles. The van der Waals surface area contributed by atoms with Gasteiger partial charge < -0.3 is 4.74 Å². The average molecular weight is 564 g/mol. The standard InChI is InChI=1S/C30H33N3O4S2/c1-3-24-13-8-9-20-33(24)39(35,36)25-18-16-23(17-19-25)29(34)32(21-22-11-6-5-7-12-22)30-31-28-26(37-4-2)14-10-15-27(28)38-30/h5-7,10-12,14-19,24H,3-4,8-9,13,20-21H2,1-2H3. The number of benzene rings is 3. The molecule has 1 aliphatic rings. The van der Waals surface area contributed by atoms with Crippen LogP contribution < -0.4 is 9.64 Å². The molecular weight excluding hydrogens is 530 g/mol. The predicted octanol–water partition coefficient (Wildman–Crippen LogP) is 6.50. The summed E-state index contributed by atoms with van der Waals surface area (Å²) < 4.78 is 35.2. The fraction of sp³-hybridized carbons (Fsp3) is 0.333. The third kappa shape index (κ3) is 5.71. The Morgan fingerprint density at radius 2 is 1.79 bits per heavy atom. The quantitative estimate of drug-likeness (QED) is 0.232. The van der Waals surface area contributed by atoms with Gasteiger partial charge in [0.15, 0.2) is 5.13 Å². The van der Waals surface area contributed by atoms with Crippen molar-refractivity contribution in [1.82, 2.24) is 9.29 Å². The van der Waals surface area contributed by atoms with Crippen LogP contribution in [0, 0.1) is 0 Å². The van der Waals surface area contributed by atoms with Crippen LogP contribution in [0.5, 0.6) is 5.75 Å². The smallest absolute Gasteiger partial charge is 0.260 e. The van der Waals surface area contributed by atoms with E-state index in [-0.39, 0.29) is 16.8 Å². The maximum atomic E-state index is 13.9. The average Bonchev–Trinajstić information content (AvgIpc) is 3.41. The molecule has 5 rings (SSSR count). The number of rotatable bonds is 9.